The Morgan fingerprint density at radius 2 is 1.79 bits per heavy atom. The third kappa shape index (κ3) is 4.61. The number of benzene rings is 1. The van der Waals surface area contributed by atoms with E-state index in [-0.39, 0.29) is 17.2 Å². The van der Waals surface area contributed by atoms with Crippen LogP contribution in [0.5, 0.6) is 0 Å². The smallest absolute Gasteiger partial charge is 0.230 e. The van der Waals surface area contributed by atoms with Crippen molar-refractivity contribution in [2.24, 2.45) is 11.8 Å². The van der Waals surface area contributed by atoms with Gasteiger partial charge in [0.1, 0.15) is 0 Å². The second kappa shape index (κ2) is 8.65. The molecule has 1 unspecified atom stereocenters. The van der Waals surface area contributed by atoms with Crippen LogP contribution in [0, 0.1) is 11.8 Å². The number of halogens is 1. The highest BCUT2D eigenvalue weighted by Crippen LogP contribution is 2.48. The summed E-state index contributed by atoms with van der Waals surface area (Å²) >= 11 is 5.99. The Balaban J connectivity index is 1.29. The second-order valence-corrected chi connectivity index (χ2v) is 9.61. The van der Waals surface area contributed by atoms with Gasteiger partial charge in [0.15, 0.2) is 0 Å². The van der Waals surface area contributed by atoms with E-state index in [2.05, 4.69) is 22.2 Å². The lowest BCUT2D eigenvalue weighted by molar-refractivity contribution is -0.138. The normalized spacial score (nSPS) is 24.9. The first kappa shape index (κ1) is 20.7. The molecule has 2 heterocycles. The maximum Gasteiger partial charge on any atom is 0.230 e. The zero-order valence-electron chi connectivity index (χ0n) is 17.3. The van der Waals surface area contributed by atoms with Gasteiger partial charge in [0, 0.05) is 30.6 Å². The first-order chi connectivity index (χ1) is 14.0. The minimum absolute atomic E-state index is 0.124. The first-order valence-corrected chi connectivity index (χ1v) is 11.4. The summed E-state index contributed by atoms with van der Waals surface area (Å²) in [7, 11) is 2.12. The van der Waals surface area contributed by atoms with Crippen molar-refractivity contribution in [1.82, 2.24) is 15.1 Å². The van der Waals surface area contributed by atoms with Gasteiger partial charge in [-0.2, -0.15) is 0 Å². The summed E-state index contributed by atoms with van der Waals surface area (Å²) in [6, 6.07) is 7.66. The molecular formula is C23H32ClN3O2. The van der Waals surface area contributed by atoms with Crippen LogP contribution in [-0.2, 0) is 15.0 Å². The topological polar surface area (TPSA) is 52.7 Å². The molecular weight excluding hydrogens is 386 g/mol. The molecule has 1 aliphatic carbocycles. The third-order valence-corrected chi connectivity index (χ3v) is 7.28. The molecule has 1 aromatic rings. The lowest BCUT2D eigenvalue weighted by atomic mass is 9.91. The molecule has 1 aromatic carbocycles. The molecule has 2 aliphatic heterocycles. The summed E-state index contributed by atoms with van der Waals surface area (Å²) in [5, 5.41) is 3.89. The summed E-state index contributed by atoms with van der Waals surface area (Å²) < 4.78 is 0. The van der Waals surface area contributed by atoms with E-state index in [0.717, 1.165) is 70.3 Å². The van der Waals surface area contributed by atoms with Crippen molar-refractivity contribution in [3.63, 3.8) is 0 Å². The SMILES string of the molecule is CN1CCC(C(=O)N2CCCC(CNC(=O)C3(c4ccc(Cl)cc4)CC3)C2)CC1. The zero-order chi connectivity index (χ0) is 20.4. The number of piperidine rings is 2. The highest BCUT2D eigenvalue weighted by Gasteiger charge is 2.51. The fourth-order valence-electron chi connectivity index (χ4n) is 4.89. The number of nitrogens with one attached hydrogen (secondary N) is 1. The quantitative estimate of drug-likeness (QED) is 0.801. The summed E-state index contributed by atoms with van der Waals surface area (Å²) in [6.45, 7) is 4.32. The number of carbonyl (C=O) groups is 2. The Labute approximate surface area is 178 Å². The number of amides is 2. The van der Waals surface area contributed by atoms with Crippen LogP contribution < -0.4 is 5.32 Å². The second-order valence-electron chi connectivity index (χ2n) is 9.17. The molecule has 3 fully saturated rings. The number of likely N-dealkylation sites (tertiary alicyclic amines) is 2. The van der Waals surface area contributed by atoms with Gasteiger partial charge in [-0.05, 0) is 82.3 Å². The Hall–Kier alpha value is -1.59. The molecule has 0 bridgehead atoms. The molecule has 1 N–H and O–H groups in total. The van der Waals surface area contributed by atoms with Crippen LogP contribution in [0.2, 0.25) is 5.02 Å². The van der Waals surface area contributed by atoms with Gasteiger partial charge in [0.2, 0.25) is 11.8 Å². The Morgan fingerprint density at radius 1 is 1.10 bits per heavy atom. The number of carbonyl (C=O) groups excluding carboxylic acids is 2. The van der Waals surface area contributed by atoms with Crippen LogP contribution in [0.4, 0.5) is 0 Å². The minimum Gasteiger partial charge on any atom is -0.355 e. The van der Waals surface area contributed by atoms with Crippen LogP contribution in [0.15, 0.2) is 24.3 Å². The minimum atomic E-state index is -0.372. The first-order valence-electron chi connectivity index (χ1n) is 11.0. The summed E-state index contributed by atoms with van der Waals surface area (Å²) in [6.07, 6.45) is 5.83. The monoisotopic (exact) mass is 417 g/mol. The fraction of sp³-hybridized carbons (Fsp3) is 0.652. The van der Waals surface area contributed by atoms with Gasteiger partial charge in [0.25, 0.3) is 0 Å². The predicted molar refractivity (Wildman–Crippen MR) is 115 cm³/mol. The Morgan fingerprint density at radius 3 is 2.45 bits per heavy atom. The average molecular weight is 418 g/mol. The zero-order valence-corrected chi connectivity index (χ0v) is 18.1. The number of rotatable bonds is 5. The van der Waals surface area contributed by atoms with Crippen molar-refractivity contribution in [3.8, 4) is 0 Å². The van der Waals surface area contributed by atoms with E-state index in [0.29, 0.717) is 23.4 Å². The molecule has 2 saturated heterocycles. The highest BCUT2D eigenvalue weighted by molar-refractivity contribution is 6.30. The van der Waals surface area contributed by atoms with Gasteiger partial charge >= 0.3 is 0 Å². The molecule has 3 aliphatic rings. The molecule has 1 atom stereocenters. The van der Waals surface area contributed by atoms with Crippen molar-refractivity contribution in [3.05, 3.63) is 34.9 Å². The summed E-state index contributed by atoms with van der Waals surface area (Å²) in [5.41, 5.74) is 0.685. The third-order valence-electron chi connectivity index (χ3n) is 7.03. The van der Waals surface area contributed by atoms with E-state index in [1.165, 1.54) is 0 Å². The largest absolute Gasteiger partial charge is 0.355 e. The fourth-order valence-corrected chi connectivity index (χ4v) is 5.02. The van der Waals surface area contributed by atoms with E-state index in [1.54, 1.807) is 0 Å². The number of hydrogen-bond donors (Lipinski definition) is 1. The van der Waals surface area contributed by atoms with Gasteiger partial charge < -0.3 is 15.1 Å². The molecule has 2 amide bonds. The maximum atomic E-state index is 12.9. The molecule has 4 rings (SSSR count). The van der Waals surface area contributed by atoms with E-state index in [4.69, 9.17) is 11.6 Å². The highest BCUT2D eigenvalue weighted by atomic mass is 35.5. The van der Waals surface area contributed by atoms with Gasteiger partial charge in [-0.1, -0.05) is 23.7 Å². The van der Waals surface area contributed by atoms with Crippen LogP contribution >= 0.6 is 11.6 Å². The Bertz CT molecular complexity index is 739. The van der Waals surface area contributed by atoms with Gasteiger partial charge in [0.05, 0.1) is 5.41 Å². The molecule has 0 spiro atoms. The van der Waals surface area contributed by atoms with Crippen molar-refractivity contribution in [1.29, 1.82) is 0 Å². The van der Waals surface area contributed by atoms with Crippen LogP contribution in [0.3, 0.4) is 0 Å². The van der Waals surface area contributed by atoms with Crippen molar-refractivity contribution < 1.29 is 9.59 Å². The van der Waals surface area contributed by atoms with E-state index < -0.39 is 0 Å². The van der Waals surface area contributed by atoms with Crippen LogP contribution in [0.1, 0.15) is 44.1 Å². The van der Waals surface area contributed by atoms with Gasteiger partial charge in [-0.3, -0.25) is 9.59 Å². The van der Waals surface area contributed by atoms with E-state index >= 15 is 0 Å². The summed E-state index contributed by atoms with van der Waals surface area (Å²) in [5.74, 6) is 0.982. The van der Waals surface area contributed by atoms with Crippen LogP contribution in [-0.4, -0.2) is 61.4 Å². The number of hydrogen-bond acceptors (Lipinski definition) is 3. The number of nitrogens with zero attached hydrogens (tertiary/aromatic N) is 2. The lowest BCUT2D eigenvalue weighted by Crippen LogP contribution is -2.48. The van der Waals surface area contributed by atoms with Crippen LogP contribution in [0.25, 0.3) is 0 Å². The van der Waals surface area contributed by atoms with E-state index in [9.17, 15) is 9.59 Å². The molecule has 6 heteroatoms. The molecule has 5 nitrogen and oxygen atoms in total. The predicted octanol–water partition coefficient (Wildman–Crippen LogP) is 3.07. The van der Waals surface area contributed by atoms with Crippen molar-refractivity contribution in [2.45, 2.75) is 43.9 Å². The molecule has 0 radical (unpaired) electrons. The Kier molecular flexibility index (Phi) is 6.16. The van der Waals surface area contributed by atoms with Crippen molar-refractivity contribution in [2.75, 3.05) is 39.8 Å². The maximum absolute atomic E-state index is 12.9. The molecule has 0 aromatic heterocycles. The van der Waals surface area contributed by atoms with Gasteiger partial charge in [-0.25, -0.2) is 0 Å². The standard InChI is InChI=1S/C23H32ClN3O2/c1-26-13-8-18(9-14-26)21(28)27-12-2-3-17(16-27)15-25-22(29)23(10-11-23)19-4-6-20(24)7-5-19/h4-7,17-18H,2-3,8-16H2,1H3,(H,25,29). The lowest BCUT2D eigenvalue weighted by Gasteiger charge is -2.37. The van der Waals surface area contributed by atoms with Crippen molar-refractivity contribution >= 4 is 23.4 Å². The molecule has 29 heavy (non-hydrogen) atoms. The molecule has 1 saturated carbocycles. The van der Waals surface area contributed by atoms with E-state index in [1.807, 2.05) is 24.3 Å². The average Bonchev–Trinajstić information content (AvgIpc) is 3.55. The summed E-state index contributed by atoms with van der Waals surface area (Å²) in [4.78, 5) is 30.2. The molecule has 158 valence electrons. The van der Waals surface area contributed by atoms with Gasteiger partial charge in [-0.15, -0.1) is 0 Å².